The molecule has 1 saturated carbocycles. The predicted octanol–water partition coefficient (Wildman–Crippen LogP) is 4.54. The second-order valence-electron chi connectivity index (χ2n) is 4.43. The Hall–Kier alpha value is 0.723. The van der Waals surface area contributed by atoms with Crippen LogP contribution in [0, 0.1) is 13.3 Å². The molecule has 1 atom stereocenters. The Morgan fingerprint density at radius 3 is 2.11 bits per heavy atom. The quantitative estimate of drug-likeness (QED) is 0.597. The number of rotatable bonds is 4. The molecule has 0 spiro atoms. The molecule has 0 saturated heterocycles. The molecule has 1 aromatic rings. The Kier molecular flexibility index (Phi) is 14.8. The molecule has 5 heteroatoms. The van der Waals surface area contributed by atoms with Gasteiger partial charge in [-0.25, -0.2) is 6.42 Å². The van der Waals surface area contributed by atoms with Gasteiger partial charge in [-0.15, -0.1) is 0 Å². The van der Waals surface area contributed by atoms with Gasteiger partial charge in [0.25, 0.3) is 0 Å². The van der Waals surface area contributed by atoms with Gasteiger partial charge in [-0.3, -0.25) is 6.42 Å². The van der Waals surface area contributed by atoms with Gasteiger partial charge in [-0.05, 0) is 0 Å². The topological polar surface area (TPSA) is 87.2 Å². The van der Waals surface area contributed by atoms with E-state index in [1.54, 1.807) is 0 Å². The van der Waals surface area contributed by atoms with Gasteiger partial charge in [0.05, 0.1) is 0 Å². The van der Waals surface area contributed by atoms with Crippen LogP contribution in [0.2, 0.25) is 0 Å². The molecular weight excluding hydrogens is 365 g/mol. The molecule has 3 nitrogen and oxygen atoms in total. The number of nitrogens with two attached hydrogens (primary N) is 2. The third-order valence-electron chi connectivity index (χ3n) is 3.27. The smallest absolute Gasteiger partial charge is 0.693 e. The largest absolute Gasteiger partial charge is 1.00 e. The molecule has 0 amide bonds. The maximum atomic E-state index is 10.1. The maximum Gasteiger partial charge on any atom is 1.00 e. The van der Waals surface area contributed by atoms with E-state index < -0.39 is 5.60 Å². The van der Waals surface area contributed by atoms with Crippen LogP contribution in [0.5, 0.6) is 0 Å². The van der Waals surface area contributed by atoms with E-state index in [1.807, 2.05) is 18.2 Å². The van der Waals surface area contributed by atoms with Gasteiger partial charge in [0, 0.05) is 32.7 Å². The third-order valence-corrected chi connectivity index (χ3v) is 3.27. The Labute approximate surface area is 152 Å². The van der Waals surface area contributed by atoms with Crippen molar-refractivity contribution in [3.05, 3.63) is 61.5 Å². The minimum absolute atomic E-state index is 0. The van der Waals surface area contributed by atoms with E-state index in [0.717, 1.165) is 25.7 Å². The van der Waals surface area contributed by atoms with E-state index in [-0.39, 0.29) is 68.0 Å². The Morgan fingerprint density at radius 2 is 1.74 bits per heavy atom. The van der Waals surface area contributed by atoms with Crippen molar-refractivity contribution in [2.45, 2.75) is 37.2 Å². The minimum Gasteiger partial charge on any atom is -0.693 e. The van der Waals surface area contributed by atoms with Crippen molar-refractivity contribution in [2.75, 3.05) is 0 Å². The molecule has 0 aliphatic heterocycles. The number of hydrogen-bond acceptors (Lipinski definition) is 1. The van der Waals surface area contributed by atoms with Gasteiger partial charge in [0.15, 0.2) is 0 Å². The number of aliphatic hydroxyl groups is 1. The van der Waals surface area contributed by atoms with Gasteiger partial charge in [0.2, 0.25) is 0 Å². The summed E-state index contributed by atoms with van der Waals surface area (Å²) >= 11 is 0. The Bertz CT molecular complexity index is 320. The predicted molar refractivity (Wildman–Crippen MR) is 72.8 cm³/mol. The second kappa shape index (κ2) is 11.4. The summed E-state index contributed by atoms with van der Waals surface area (Å²) in [6, 6.07) is 10.3. The fourth-order valence-electron chi connectivity index (χ4n) is 2.13. The standard InChI is InChI=1S/C14H18O.Cu.2H2N.Y/c1-2-12(11-14(15)9-6-10-14)13-7-4-3-5-8-13;;;;/h3-5,7-8,11-12,15H,1-2,6,9-10H2;;2*1H2;/q-2;+1;2*-1;/t12-;;;;/m0..../s1. The van der Waals surface area contributed by atoms with Crippen molar-refractivity contribution < 1.29 is 54.9 Å². The van der Waals surface area contributed by atoms with Crippen LogP contribution < -0.4 is 0 Å². The van der Waals surface area contributed by atoms with Crippen LogP contribution in [0.3, 0.4) is 0 Å². The van der Waals surface area contributed by atoms with Crippen molar-refractivity contribution >= 4 is 0 Å². The average molecular weight is 387 g/mol. The second-order valence-corrected chi connectivity index (χ2v) is 4.43. The zero-order valence-electron chi connectivity index (χ0n) is 11.1. The van der Waals surface area contributed by atoms with Crippen molar-refractivity contribution in [3.63, 3.8) is 0 Å². The minimum atomic E-state index is -0.516. The molecule has 0 heterocycles. The molecule has 19 heavy (non-hydrogen) atoms. The van der Waals surface area contributed by atoms with E-state index in [9.17, 15) is 5.11 Å². The fourth-order valence-corrected chi connectivity index (χ4v) is 2.13. The fraction of sp³-hybridized carbons (Fsp3) is 0.429. The molecule has 0 bridgehead atoms. The van der Waals surface area contributed by atoms with Crippen molar-refractivity contribution in [3.8, 4) is 0 Å². The molecule has 5 N–H and O–H groups in total. The Balaban J connectivity index is -0.000000640. The van der Waals surface area contributed by atoms with Gasteiger partial charge < -0.3 is 24.3 Å². The number of hydrogen-bond donors (Lipinski definition) is 1. The monoisotopic (exact) mass is 386 g/mol. The van der Waals surface area contributed by atoms with Gasteiger partial charge in [-0.1, -0.05) is 60.8 Å². The van der Waals surface area contributed by atoms with Crippen molar-refractivity contribution in [1.82, 2.24) is 0 Å². The summed E-state index contributed by atoms with van der Waals surface area (Å²) in [6.45, 7) is 3.96. The molecule has 1 aliphatic rings. The van der Waals surface area contributed by atoms with Crippen LogP contribution in [0.4, 0.5) is 0 Å². The molecule has 1 aliphatic carbocycles. The van der Waals surface area contributed by atoms with Crippen molar-refractivity contribution in [1.29, 1.82) is 0 Å². The van der Waals surface area contributed by atoms with E-state index in [0.29, 0.717) is 0 Å². The summed E-state index contributed by atoms with van der Waals surface area (Å²) in [6.07, 6.45) is 5.86. The summed E-state index contributed by atoms with van der Waals surface area (Å²) < 4.78 is 0. The SMILES string of the molecule is [CH2-]C[C@@H]([CH-]C1(O)CCC1)c1ccccc1.[Cu+].[NH2-].[NH2-].[Y]. The van der Waals surface area contributed by atoms with Crippen LogP contribution in [-0.4, -0.2) is 10.7 Å². The van der Waals surface area contributed by atoms with Crippen molar-refractivity contribution in [2.24, 2.45) is 0 Å². The molecular formula is C14H22CuN2OY-3. The van der Waals surface area contributed by atoms with Gasteiger partial charge in [-0.2, -0.15) is 5.92 Å². The first-order valence-electron chi connectivity index (χ1n) is 5.66. The molecule has 1 fully saturated rings. The number of benzene rings is 1. The van der Waals surface area contributed by atoms with Crippen LogP contribution in [0.15, 0.2) is 30.3 Å². The van der Waals surface area contributed by atoms with Crippen LogP contribution >= 0.6 is 0 Å². The zero-order valence-corrected chi connectivity index (χ0v) is 14.8. The summed E-state index contributed by atoms with van der Waals surface area (Å²) in [5.74, 6) is 0.288. The normalized spacial score (nSPS) is 16.3. The van der Waals surface area contributed by atoms with Crippen LogP contribution in [-0.2, 0) is 49.8 Å². The van der Waals surface area contributed by atoms with Crippen LogP contribution in [0.1, 0.15) is 37.2 Å². The molecule has 0 aromatic heterocycles. The van der Waals surface area contributed by atoms with E-state index in [1.165, 1.54) is 5.56 Å². The third kappa shape index (κ3) is 6.81. The first-order valence-corrected chi connectivity index (χ1v) is 5.66. The molecule has 111 valence electrons. The maximum absolute atomic E-state index is 10.1. The summed E-state index contributed by atoms with van der Waals surface area (Å²) in [5.41, 5.74) is 0.742. The summed E-state index contributed by atoms with van der Waals surface area (Å²) in [7, 11) is 0. The first kappa shape index (κ1) is 24.7. The molecule has 1 radical (unpaired) electrons. The first-order chi connectivity index (χ1) is 7.23. The van der Waals surface area contributed by atoms with E-state index >= 15 is 0 Å². The van der Waals surface area contributed by atoms with Gasteiger partial charge >= 0.3 is 17.1 Å². The summed E-state index contributed by atoms with van der Waals surface area (Å²) in [4.78, 5) is 0. The summed E-state index contributed by atoms with van der Waals surface area (Å²) in [5, 5.41) is 10.1. The van der Waals surface area contributed by atoms with E-state index in [2.05, 4.69) is 25.5 Å². The van der Waals surface area contributed by atoms with E-state index in [4.69, 9.17) is 0 Å². The molecule has 2 rings (SSSR count). The van der Waals surface area contributed by atoms with Crippen LogP contribution in [0.25, 0.3) is 12.3 Å². The average Bonchev–Trinajstić information content (AvgIpc) is 2.25. The Morgan fingerprint density at radius 1 is 1.21 bits per heavy atom. The zero-order chi connectivity index (χ0) is 10.7. The molecule has 0 unspecified atom stereocenters. The van der Waals surface area contributed by atoms with Gasteiger partial charge in [0.1, 0.15) is 0 Å². The molecule has 1 aromatic carbocycles.